The van der Waals surface area contributed by atoms with Gasteiger partial charge in [0.2, 0.25) is 0 Å². The molecule has 3 rings (SSSR count). The standard InChI is InChI=1S/C14H11IN4O/c15-13-7-16-10-18(14(13)20)8-11-6-17-19(9-11)12-4-2-1-3-5-12/h1-7,9-10H,8H2. The Balaban J connectivity index is 1.88. The van der Waals surface area contributed by atoms with Crippen LogP contribution in [-0.4, -0.2) is 19.3 Å². The van der Waals surface area contributed by atoms with Crippen LogP contribution in [0.5, 0.6) is 0 Å². The van der Waals surface area contributed by atoms with E-state index in [0.717, 1.165) is 11.3 Å². The third kappa shape index (κ3) is 2.64. The van der Waals surface area contributed by atoms with Crippen molar-refractivity contribution in [1.82, 2.24) is 19.3 Å². The van der Waals surface area contributed by atoms with Gasteiger partial charge in [0.15, 0.2) is 0 Å². The maximum atomic E-state index is 11.9. The fourth-order valence-corrected chi connectivity index (χ4v) is 2.37. The fourth-order valence-electron chi connectivity index (χ4n) is 1.90. The Morgan fingerprint density at radius 2 is 1.95 bits per heavy atom. The highest BCUT2D eigenvalue weighted by Gasteiger charge is 2.05. The van der Waals surface area contributed by atoms with Crippen molar-refractivity contribution in [2.45, 2.75) is 6.54 Å². The number of nitrogens with zero attached hydrogens (tertiary/aromatic N) is 4. The number of hydrogen-bond donors (Lipinski definition) is 0. The number of rotatable bonds is 3. The highest BCUT2D eigenvalue weighted by molar-refractivity contribution is 14.1. The molecule has 0 aliphatic carbocycles. The lowest BCUT2D eigenvalue weighted by molar-refractivity contribution is 0.730. The van der Waals surface area contributed by atoms with Crippen molar-refractivity contribution in [2.75, 3.05) is 0 Å². The maximum Gasteiger partial charge on any atom is 0.267 e. The molecule has 5 nitrogen and oxygen atoms in total. The average molecular weight is 378 g/mol. The van der Waals surface area contributed by atoms with Gasteiger partial charge in [0.25, 0.3) is 5.56 Å². The largest absolute Gasteiger partial charge is 0.294 e. The van der Waals surface area contributed by atoms with E-state index in [2.05, 4.69) is 10.1 Å². The van der Waals surface area contributed by atoms with Gasteiger partial charge < -0.3 is 0 Å². The zero-order valence-corrected chi connectivity index (χ0v) is 12.6. The molecule has 0 amide bonds. The highest BCUT2D eigenvalue weighted by Crippen LogP contribution is 2.08. The normalized spacial score (nSPS) is 10.7. The Hall–Kier alpha value is -1.96. The summed E-state index contributed by atoms with van der Waals surface area (Å²) in [6.45, 7) is 0.468. The lowest BCUT2D eigenvalue weighted by Gasteiger charge is -2.03. The number of benzene rings is 1. The van der Waals surface area contributed by atoms with Gasteiger partial charge in [-0.1, -0.05) is 18.2 Å². The van der Waals surface area contributed by atoms with E-state index in [-0.39, 0.29) is 5.56 Å². The second kappa shape index (κ2) is 5.58. The molecule has 2 heterocycles. The first-order valence-electron chi connectivity index (χ1n) is 6.03. The van der Waals surface area contributed by atoms with Crippen molar-refractivity contribution in [2.24, 2.45) is 0 Å². The van der Waals surface area contributed by atoms with E-state index in [1.54, 1.807) is 28.0 Å². The van der Waals surface area contributed by atoms with Gasteiger partial charge >= 0.3 is 0 Å². The molecule has 100 valence electrons. The summed E-state index contributed by atoms with van der Waals surface area (Å²) in [6.07, 6.45) is 6.79. The summed E-state index contributed by atoms with van der Waals surface area (Å²) >= 11 is 1.99. The average Bonchev–Trinajstić information content (AvgIpc) is 2.93. The van der Waals surface area contributed by atoms with Gasteiger partial charge in [-0.25, -0.2) is 9.67 Å². The van der Waals surface area contributed by atoms with Crippen molar-refractivity contribution in [3.05, 3.63) is 74.7 Å². The van der Waals surface area contributed by atoms with Crippen LogP contribution < -0.4 is 5.56 Å². The molecule has 20 heavy (non-hydrogen) atoms. The summed E-state index contributed by atoms with van der Waals surface area (Å²) in [7, 11) is 0. The van der Waals surface area contributed by atoms with Crippen LogP contribution >= 0.6 is 22.6 Å². The van der Waals surface area contributed by atoms with E-state index in [1.165, 1.54) is 0 Å². The van der Waals surface area contributed by atoms with Crippen LogP contribution in [0.3, 0.4) is 0 Å². The first kappa shape index (κ1) is 13.0. The van der Waals surface area contributed by atoms with E-state index in [1.807, 2.05) is 59.1 Å². The molecule has 0 spiro atoms. The van der Waals surface area contributed by atoms with Gasteiger partial charge in [0.05, 0.1) is 28.3 Å². The second-order valence-corrected chi connectivity index (χ2v) is 5.47. The molecule has 6 heteroatoms. The fraction of sp³-hybridized carbons (Fsp3) is 0.0714. The van der Waals surface area contributed by atoms with Crippen LogP contribution in [-0.2, 0) is 6.54 Å². The minimum absolute atomic E-state index is 0.0342. The molecular formula is C14H11IN4O. The maximum absolute atomic E-state index is 11.9. The second-order valence-electron chi connectivity index (χ2n) is 4.30. The molecule has 0 atom stereocenters. The Bertz CT molecular complexity index is 779. The zero-order chi connectivity index (χ0) is 13.9. The third-order valence-corrected chi connectivity index (χ3v) is 3.61. The van der Waals surface area contributed by atoms with Gasteiger partial charge in [-0.15, -0.1) is 0 Å². The summed E-state index contributed by atoms with van der Waals surface area (Å²) < 4.78 is 3.98. The SMILES string of the molecule is O=c1c(I)cncn1Cc1cnn(-c2ccccc2)c1. The van der Waals surface area contributed by atoms with E-state index < -0.39 is 0 Å². The molecule has 0 unspecified atom stereocenters. The lowest BCUT2D eigenvalue weighted by Crippen LogP contribution is -2.22. The van der Waals surface area contributed by atoms with Crippen molar-refractivity contribution in [1.29, 1.82) is 0 Å². The van der Waals surface area contributed by atoms with E-state index in [0.29, 0.717) is 10.1 Å². The molecule has 0 saturated heterocycles. The lowest BCUT2D eigenvalue weighted by atomic mass is 10.3. The van der Waals surface area contributed by atoms with Crippen molar-refractivity contribution in [3.63, 3.8) is 0 Å². The number of para-hydroxylation sites is 1. The zero-order valence-electron chi connectivity index (χ0n) is 10.5. The summed E-state index contributed by atoms with van der Waals surface area (Å²) in [5, 5.41) is 4.31. The predicted octanol–water partition coefficient (Wildman–Crippen LogP) is 2.08. The summed E-state index contributed by atoms with van der Waals surface area (Å²) in [5.41, 5.74) is 1.92. The van der Waals surface area contributed by atoms with Gasteiger partial charge in [-0.2, -0.15) is 5.10 Å². The third-order valence-electron chi connectivity index (χ3n) is 2.87. The molecular weight excluding hydrogens is 367 g/mol. The molecule has 0 saturated carbocycles. The number of halogens is 1. The van der Waals surface area contributed by atoms with Gasteiger partial charge in [-0.3, -0.25) is 9.36 Å². The predicted molar refractivity (Wildman–Crippen MR) is 83.9 cm³/mol. The monoisotopic (exact) mass is 378 g/mol. The number of aromatic nitrogens is 4. The van der Waals surface area contributed by atoms with E-state index >= 15 is 0 Å². The Kier molecular flexibility index (Phi) is 3.64. The van der Waals surface area contributed by atoms with Crippen LogP contribution in [0.15, 0.2) is 60.0 Å². The van der Waals surface area contributed by atoms with Crippen LogP contribution in [0.2, 0.25) is 0 Å². The Morgan fingerprint density at radius 1 is 1.15 bits per heavy atom. The van der Waals surface area contributed by atoms with Crippen molar-refractivity contribution >= 4 is 22.6 Å². The van der Waals surface area contributed by atoms with Gasteiger partial charge in [-0.05, 0) is 34.7 Å². The molecule has 0 aliphatic heterocycles. The van der Waals surface area contributed by atoms with Crippen molar-refractivity contribution in [3.8, 4) is 5.69 Å². The smallest absolute Gasteiger partial charge is 0.267 e. The van der Waals surface area contributed by atoms with Crippen LogP contribution in [0, 0.1) is 3.57 Å². The van der Waals surface area contributed by atoms with E-state index in [9.17, 15) is 4.79 Å². The minimum atomic E-state index is -0.0342. The molecule has 2 aromatic heterocycles. The summed E-state index contributed by atoms with van der Waals surface area (Å²) in [5.74, 6) is 0. The van der Waals surface area contributed by atoms with Gasteiger partial charge in [0.1, 0.15) is 0 Å². The summed E-state index contributed by atoms with van der Waals surface area (Å²) in [6, 6.07) is 9.85. The molecule has 0 radical (unpaired) electrons. The van der Waals surface area contributed by atoms with E-state index in [4.69, 9.17) is 0 Å². The Morgan fingerprint density at radius 3 is 2.75 bits per heavy atom. The first-order chi connectivity index (χ1) is 9.74. The molecule has 0 bridgehead atoms. The van der Waals surface area contributed by atoms with Gasteiger partial charge in [0, 0.05) is 18.0 Å². The quantitative estimate of drug-likeness (QED) is 0.656. The Labute approximate surface area is 129 Å². The molecule has 1 aromatic carbocycles. The van der Waals surface area contributed by atoms with Crippen molar-refractivity contribution < 1.29 is 0 Å². The number of hydrogen-bond acceptors (Lipinski definition) is 3. The van der Waals surface area contributed by atoms with Crippen LogP contribution in [0.1, 0.15) is 5.56 Å². The molecule has 0 fully saturated rings. The highest BCUT2D eigenvalue weighted by atomic mass is 127. The topological polar surface area (TPSA) is 52.7 Å². The van der Waals surface area contributed by atoms with Crippen LogP contribution in [0.25, 0.3) is 5.69 Å². The molecule has 3 aromatic rings. The molecule has 0 N–H and O–H groups in total. The first-order valence-corrected chi connectivity index (χ1v) is 7.11. The minimum Gasteiger partial charge on any atom is -0.294 e. The molecule has 0 aliphatic rings. The van der Waals surface area contributed by atoms with Crippen LogP contribution in [0.4, 0.5) is 0 Å². The summed E-state index contributed by atoms with van der Waals surface area (Å²) in [4.78, 5) is 16.0.